The van der Waals surface area contributed by atoms with Gasteiger partial charge in [-0.1, -0.05) is 43.3 Å². The Balaban J connectivity index is 2.00. The maximum atomic E-state index is 12.2. The molecule has 82 valence electrons. The maximum absolute atomic E-state index is 12.2. The molecule has 0 saturated heterocycles. The monoisotopic (exact) mass is 231 g/mol. The van der Waals surface area contributed by atoms with Crippen LogP contribution in [0.4, 0.5) is 0 Å². The van der Waals surface area contributed by atoms with Gasteiger partial charge in [0.25, 0.3) is 5.91 Å². The average molecular weight is 231 g/mol. The first kappa shape index (κ1) is 9.97. The highest BCUT2D eigenvalue weighted by Gasteiger charge is 2.37. The molecule has 0 N–H and O–H groups in total. The summed E-state index contributed by atoms with van der Waals surface area (Å²) < 4.78 is 0. The lowest BCUT2D eigenvalue weighted by Gasteiger charge is -2.23. The molecule has 1 aromatic carbocycles. The fourth-order valence-corrected chi connectivity index (χ4v) is 3.11. The molecule has 1 saturated carbocycles. The van der Waals surface area contributed by atoms with Crippen molar-refractivity contribution < 1.29 is 4.79 Å². The molecule has 16 heavy (non-hydrogen) atoms. The first-order valence-corrected chi connectivity index (χ1v) is 6.17. The van der Waals surface area contributed by atoms with Gasteiger partial charge in [-0.3, -0.25) is 9.69 Å². The molecule has 1 fully saturated rings. The normalized spacial score (nSPS) is 20.6. The van der Waals surface area contributed by atoms with Crippen LogP contribution in [0.1, 0.15) is 41.6 Å². The summed E-state index contributed by atoms with van der Waals surface area (Å²) in [7, 11) is 0. The Kier molecular flexibility index (Phi) is 2.28. The number of carbonyl (C=O) groups excluding carboxylic acids is 1. The van der Waals surface area contributed by atoms with Crippen LogP contribution in [0.15, 0.2) is 24.3 Å². The lowest BCUT2D eigenvalue weighted by Crippen LogP contribution is -2.37. The van der Waals surface area contributed by atoms with E-state index in [2.05, 4.69) is 0 Å². The Bertz CT molecular complexity index is 428. The third-order valence-corrected chi connectivity index (χ3v) is 3.93. The van der Waals surface area contributed by atoms with Crippen molar-refractivity contribution in [2.24, 2.45) is 0 Å². The van der Waals surface area contributed by atoms with Crippen LogP contribution in [0.25, 0.3) is 0 Å². The Labute approximate surface area is 100 Å². The van der Waals surface area contributed by atoms with Crippen molar-refractivity contribution >= 4 is 23.1 Å². The van der Waals surface area contributed by atoms with E-state index in [1.54, 1.807) is 0 Å². The lowest BCUT2D eigenvalue weighted by atomic mass is 10.1. The molecule has 0 aromatic heterocycles. The topological polar surface area (TPSA) is 20.3 Å². The van der Waals surface area contributed by atoms with Crippen molar-refractivity contribution in [1.82, 2.24) is 4.90 Å². The summed E-state index contributed by atoms with van der Waals surface area (Å²) in [6.07, 6.45) is 4.63. The predicted octanol–water partition coefficient (Wildman–Crippen LogP) is 2.76. The van der Waals surface area contributed by atoms with E-state index in [0.29, 0.717) is 6.04 Å². The first-order valence-electron chi connectivity index (χ1n) is 5.76. The van der Waals surface area contributed by atoms with E-state index in [1.807, 2.05) is 29.2 Å². The van der Waals surface area contributed by atoms with Crippen molar-refractivity contribution in [1.29, 1.82) is 0 Å². The van der Waals surface area contributed by atoms with E-state index in [1.165, 1.54) is 12.8 Å². The standard InChI is InChI=1S/C13H13NOS/c15-12-10-7-3-4-8-11(10)13(16)14(12)9-5-1-2-6-9/h3-4,7-9H,1-2,5-6H2. The van der Waals surface area contributed by atoms with Crippen LogP contribution in [0, 0.1) is 0 Å². The number of carbonyl (C=O) groups is 1. The van der Waals surface area contributed by atoms with Gasteiger partial charge in [-0.15, -0.1) is 0 Å². The fraction of sp³-hybridized carbons (Fsp3) is 0.385. The first-order chi connectivity index (χ1) is 7.79. The highest BCUT2D eigenvalue weighted by Crippen LogP contribution is 2.31. The predicted molar refractivity (Wildman–Crippen MR) is 66.6 cm³/mol. The summed E-state index contributed by atoms with van der Waals surface area (Å²) in [5.74, 6) is 0.104. The molecule has 1 aliphatic carbocycles. The third kappa shape index (κ3) is 1.31. The second-order valence-electron chi connectivity index (χ2n) is 4.46. The Morgan fingerprint density at radius 3 is 2.38 bits per heavy atom. The number of nitrogens with zero attached hydrogens (tertiary/aromatic N) is 1. The summed E-state index contributed by atoms with van der Waals surface area (Å²) in [5.41, 5.74) is 1.72. The Hall–Kier alpha value is -1.22. The second kappa shape index (κ2) is 3.67. The fourth-order valence-electron chi connectivity index (χ4n) is 2.70. The summed E-state index contributed by atoms with van der Waals surface area (Å²) in [6.45, 7) is 0. The molecular formula is C13H13NOS. The van der Waals surface area contributed by atoms with Crippen LogP contribution in [0.3, 0.4) is 0 Å². The minimum atomic E-state index is 0.104. The highest BCUT2D eigenvalue weighted by molar-refractivity contribution is 7.80. The van der Waals surface area contributed by atoms with Crippen molar-refractivity contribution in [3.05, 3.63) is 35.4 Å². The molecule has 2 nitrogen and oxygen atoms in total. The molecule has 0 spiro atoms. The van der Waals surface area contributed by atoms with E-state index in [-0.39, 0.29) is 5.91 Å². The number of fused-ring (bicyclic) bond motifs is 1. The number of hydrogen-bond acceptors (Lipinski definition) is 2. The van der Waals surface area contributed by atoms with Crippen LogP contribution in [0.2, 0.25) is 0 Å². The number of benzene rings is 1. The minimum Gasteiger partial charge on any atom is -0.295 e. The smallest absolute Gasteiger partial charge is 0.259 e. The quantitative estimate of drug-likeness (QED) is 0.693. The molecule has 3 heteroatoms. The molecule has 0 bridgehead atoms. The largest absolute Gasteiger partial charge is 0.295 e. The van der Waals surface area contributed by atoms with Crippen molar-refractivity contribution in [3.8, 4) is 0 Å². The van der Waals surface area contributed by atoms with Gasteiger partial charge in [0.1, 0.15) is 4.99 Å². The molecule has 1 heterocycles. The molecular weight excluding hydrogens is 218 g/mol. The van der Waals surface area contributed by atoms with Crippen molar-refractivity contribution in [3.63, 3.8) is 0 Å². The zero-order valence-electron chi connectivity index (χ0n) is 8.98. The number of amides is 1. The lowest BCUT2D eigenvalue weighted by molar-refractivity contribution is 0.0822. The van der Waals surface area contributed by atoms with E-state index >= 15 is 0 Å². The van der Waals surface area contributed by atoms with Crippen LogP contribution < -0.4 is 0 Å². The molecule has 1 aromatic rings. The molecule has 0 atom stereocenters. The highest BCUT2D eigenvalue weighted by atomic mass is 32.1. The van der Waals surface area contributed by atoms with E-state index in [9.17, 15) is 4.79 Å². The van der Waals surface area contributed by atoms with Crippen LogP contribution in [-0.2, 0) is 0 Å². The van der Waals surface area contributed by atoms with Gasteiger partial charge in [0.2, 0.25) is 0 Å². The van der Waals surface area contributed by atoms with Gasteiger partial charge >= 0.3 is 0 Å². The molecule has 0 unspecified atom stereocenters. The number of thiocarbonyl (C=S) groups is 1. The summed E-state index contributed by atoms with van der Waals surface area (Å²) in [5, 5.41) is 0. The molecule has 3 rings (SSSR count). The van der Waals surface area contributed by atoms with Gasteiger partial charge in [-0.25, -0.2) is 0 Å². The maximum Gasteiger partial charge on any atom is 0.259 e. The van der Waals surface area contributed by atoms with E-state index in [4.69, 9.17) is 12.2 Å². The third-order valence-electron chi connectivity index (χ3n) is 3.52. The van der Waals surface area contributed by atoms with Crippen LogP contribution in [-0.4, -0.2) is 21.8 Å². The molecule has 2 aliphatic rings. The second-order valence-corrected chi connectivity index (χ2v) is 4.85. The number of rotatable bonds is 1. The van der Waals surface area contributed by atoms with Gasteiger partial charge < -0.3 is 0 Å². The van der Waals surface area contributed by atoms with Gasteiger partial charge in [0.15, 0.2) is 0 Å². The summed E-state index contributed by atoms with van der Waals surface area (Å²) >= 11 is 5.41. The zero-order valence-corrected chi connectivity index (χ0v) is 9.80. The SMILES string of the molecule is O=C1c2ccccc2C(=S)N1C1CCCC1. The Morgan fingerprint density at radius 2 is 1.75 bits per heavy atom. The minimum absolute atomic E-state index is 0.104. The van der Waals surface area contributed by atoms with Crippen LogP contribution >= 0.6 is 12.2 Å². The van der Waals surface area contributed by atoms with Crippen LogP contribution in [0.5, 0.6) is 0 Å². The Morgan fingerprint density at radius 1 is 1.12 bits per heavy atom. The van der Waals surface area contributed by atoms with Gasteiger partial charge in [0.05, 0.1) is 5.56 Å². The van der Waals surface area contributed by atoms with Gasteiger partial charge in [0, 0.05) is 11.6 Å². The number of hydrogen-bond donors (Lipinski definition) is 0. The average Bonchev–Trinajstić information content (AvgIpc) is 2.89. The zero-order chi connectivity index (χ0) is 11.1. The van der Waals surface area contributed by atoms with Crippen molar-refractivity contribution in [2.75, 3.05) is 0 Å². The molecule has 0 radical (unpaired) electrons. The van der Waals surface area contributed by atoms with Gasteiger partial charge in [-0.2, -0.15) is 0 Å². The summed E-state index contributed by atoms with van der Waals surface area (Å²) in [6, 6.07) is 8.00. The molecule has 1 amide bonds. The van der Waals surface area contributed by atoms with E-state index < -0.39 is 0 Å². The van der Waals surface area contributed by atoms with Gasteiger partial charge in [-0.05, 0) is 18.9 Å². The summed E-state index contributed by atoms with van der Waals surface area (Å²) in [4.78, 5) is 14.8. The molecule has 1 aliphatic heterocycles. The van der Waals surface area contributed by atoms with E-state index in [0.717, 1.165) is 29.0 Å². The van der Waals surface area contributed by atoms with Crippen molar-refractivity contribution in [2.45, 2.75) is 31.7 Å².